The molecule has 19 heavy (non-hydrogen) atoms. The summed E-state index contributed by atoms with van der Waals surface area (Å²) in [4.78, 5) is 0. The van der Waals surface area contributed by atoms with Gasteiger partial charge in [-0.15, -0.1) is 0 Å². The Balaban J connectivity index is 2.38. The second-order valence-corrected chi connectivity index (χ2v) is 5.80. The smallest absolute Gasteiger partial charge is 0.112 e. The highest BCUT2D eigenvalue weighted by atomic mass is 35.5. The molecule has 0 amide bonds. The monoisotopic (exact) mass is 274 g/mol. The Morgan fingerprint density at radius 2 is 1.63 bits per heavy atom. The Bertz CT molecular complexity index is 556. The first-order chi connectivity index (χ1) is 8.91. The van der Waals surface area contributed by atoms with Crippen molar-refractivity contribution in [2.75, 3.05) is 0 Å². The molecular formula is C17H19ClO. The van der Waals surface area contributed by atoms with Crippen LogP contribution in [0.5, 0.6) is 0 Å². The van der Waals surface area contributed by atoms with Crippen molar-refractivity contribution in [1.82, 2.24) is 0 Å². The van der Waals surface area contributed by atoms with Crippen molar-refractivity contribution in [2.45, 2.75) is 32.3 Å². The third-order valence-electron chi connectivity index (χ3n) is 3.53. The van der Waals surface area contributed by atoms with Gasteiger partial charge < -0.3 is 5.11 Å². The minimum atomic E-state index is -1.03. The summed E-state index contributed by atoms with van der Waals surface area (Å²) < 4.78 is 0. The maximum Gasteiger partial charge on any atom is 0.112 e. The fourth-order valence-electron chi connectivity index (χ4n) is 2.15. The van der Waals surface area contributed by atoms with Crippen LogP contribution < -0.4 is 0 Å². The van der Waals surface area contributed by atoms with E-state index >= 15 is 0 Å². The summed E-state index contributed by atoms with van der Waals surface area (Å²) in [6, 6.07) is 15.5. The number of hydrogen-bond donors (Lipinski definition) is 1. The van der Waals surface area contributed by atoms with Gasteiger partial charge in [0.25, 0.3) is 0 Å². The van der Waals surface area contributed by atoms with Crippen LogP contribution in [-0.4, -0.2) is 5.11 Å². The average Bonchev–Trinajstić information content (AvgIpc) is 2.39. The van der Waals surface area contributed by atoms with Crippen LogP contribution in [0.15, 0.2) is 48.5 Å². The van der Waals surface area contributed by atoms with Gasteiger partial charge in [-0.05, 0) is 41.7 Å². The predicted molar refractivity (Wildman–Crippen MR) is 80.7 cm³/mol. The molecule has 2 heteroatoms. The first kappa shape index (κ1) is 14.1. The van der Waals surface area contributed by atoms with Gasteiger partial charge in [-0.25, -0.2) is 0 Å². The fraction of sp³-hybridized carbons (Fsp3) is 0.294. The number of hydrogen-bond acceptors (Lipinski definition) is 1. The van der Waals surface area contributed by atoms with Gasteiger partial charge in [0, 0.05) is 5.02 Å². The molecule has 0 fully saturated rings. The molecule has 1 N–H and O–H groups in total. The Labute approximate surface area is 119 Å². The third-order valence-corrected chi connectivity index (χ3v) is 3.76. The molecule has 1 unspecified atom stereocenters. The fourth-order valence-corrected chi connectivity index (χ4v) is 2.34. The van der Waals surface area contributed by atoms with E-state index in [-0.39, 0.29) is 0 Å². The molecule has 0 aliphatic carbocycles. The maximum absolute atomic E-state index is 10.8. The molecular weight excluding hydrogens is 256 g/mol. The van der Waals surface area contributed by atoms with E-state index in [1.54, 1.807) is 13.0 Å². The van der Waals surface area contributed by atoms with Gasteiger partial charge in [-0.2, -0.15) is 0 Å². The predicted octanol–water partition coefficient (Wildman–Crippen LogP) is 4.72. The summed E-state index contributed by atoms with van der Waals surface area (Å²) in [5.41, 5.74) is 1.92. The zero-order chi connectivity index (χ0) is 14.0. The van der Waals surface area contributed by atoms with Gasteiger partial charge in [0.1, 0.15) is 5.60 Å². The number of rotatable bonds is 3. The Morgan fingerprint density at radius 1 is 1.00 bits per heavy atom. The summed E-state index contributed by atoms with van der Waals surface area (Å²) in [6.45, 7) is 6.11. The number of halogens is 1. The topological polar surface area (TPSA) is 20.2 Å². The highest BCUT2D eigenvalue weighted by molar-refractivity contribution is 6.30. The normalized spacial score (nSPS) is 14.4. The molecule has 0 saturated carbocycles. The molecule has 0 saturated heterocycles. The van der Waals surface area contributed by atoms with Gasteiger partial charge in [-0.1, -0.05) is 61.8 Å². The second kappa shape index (κ2) is 5.36. The molecule has 0 heterocycles. The Kier molecular flexibility index (Phi) is 3.98. The van der Waals surface area contributed by atoms with Crippen molar-refractivity contribution < 1.29 is 5.11 Å². The first-order valence-electron chi connectivity index (χ1n) is 6.50. The summed E-state index contributed by atoms with van der Waals surface area (Å²) in [6.07, 6.45) is 0. The van der Waals surface area contributed by atoms with Gasteiger partial charge in [0.05, 0.1) is 0 Å². The van der Waals surface area contributed by atoms with Crippen molar-refractivity contribution in [3.05, 3.63) is 70.2 Å². The molecule has 2 aromatic rings. The molecule has 0 bridgehead atoms. The van der Waals surface area contributed by atoms with E-state index in [1.165, 1.54) is 5.56 Å². The minimum absolute atomic E-state index is 0.491. The molecule has 0 radical (unpaired) electrons. The van der Waals surface area contributed by atoms with Crippen molar-refractivity contribution in [1.29, 1.82) is 0 Å². The maximum atomic E-state index is 10.8. The van der Waals surface area contributed by atoms with Crippen LogP contribution in [0.25, 0.3) is 0 Å². The molecule has 0 aliphatic rings. The van der Waals surface area contributed by atoms with Crippen molar-refractivity contribution in [2.24, 2.45) is 0 Å². The van der Waals surface area contributed by atoms with Crippen LogP contribution in [0.3, 0.4) is 0 Å². The van der Waals surface area contributed by atoms with Crippen molar-refractivity contribution >= 4 is 11.6 Å². The SMILES string of the molecule is CC(C)c1ccc(C(C)(O)c2cccc(Cl)c2)cc1. The quantitative estimate of drug-likeness (QED) is 0.859. The number of aliphatic hydroxyl groups is 1. The highest BCUT2D eigenvalue weighted by Crippen LogP contribution is 2.31. The van der Waals surface area contributed by atoms with Gasteiger partial charge in [0.15, 0.2) is 0 Å². The largest absolute Gasteiger partial charge is 0.381 e. The van der Waals surface area contributed by atoms with E-state index in [4.69, 9.17) is 11.6 Å². The van der Waals surface area contributed by atoms with Crippen LogP contribution in [0, 0.1) is 0 Å². The van der Waals surface area contributed by atoms with Gasteiger partial charge in [-0.3, -0.25) is 0 Å². The molecule has 0 spiro atoms. The van der Waals surface area contributed by atoms with Crippen LogP contribution in [0.4, 0.5) is 0 Å². The molecule has 0 aromatic heterocycles. The van der Waals surface area contributed by atoms with Crippen molar-refractivity contribution in [3.8, 4) is 0 Å². The van der Waals surface area contributed by atoms with E-state index < -0.39 is 5.60 Å². The number of benzene rings is 2. The first-order valence-corrected chi connectivity index (χ1v) is 6.88. The van der Waals surface area contributed by atoms with Crippen LogP contribution in [0.2, 0.25) is 5.02 Å². The van der Waals surface area contributed by atoms with Crippen LogP contribution >= 0.6 is 11.6 Å². The lowest BCUT2D eigenvalue weighted by Gasteiger charge is -2.25. The standard InChI is InChI=1S/C17H19ClO/c1-12(2)13-7-9-14(10-8-13)17(3,19)15-5-4-6-16(18)11-15/h4-12,19H,1-3H3. The molecule has 1 nitrogen and oxygen atoms in total. The lowest BCUT2D eigenvalue weighted by Crippen LogP contribution is -2.22. The molecule has 0 aliphatic heterocycles. The molecule has 2 rings (SSSR count). The lowest BCUT2D eigenvalue weighted by atomic mass is 9.87. The molecule has 100 valence electrons. The van der Waals surface area contributed by atoms with E-state index in [9.17, 15) is 5.11 Å². The molecule has 2 aromatic carbocycles. The van der Waals surface area contributed by atoms with Crippen LogP contribution in [-0.2, 0) is 5.60 Å². The summed E-state index contributed by atoms with van der Waals surface area (Å²) in [7, 11) is 0. The third kappa shape index (κ3) is 2.99. The summed E-state index contributed by atoms with van der Waals surface area (Å²) in [5.74, 6) is 0.491. The minimum Gasteiger partial charge on any atom is -0.381 e. The van der Waals surface area contributed by atoms with Gasteiger partial charge >= 0.3 is 0 Å². The Morgan fingerprint density at radius 3 is 2.16 bits per heavy atom. The van der Waals surface area contributed by atoms with E-state index in [0.717, 1.165) is 11.1 Å². The van der Waals surface area contributed by atoms with E-state index in [2.05, 4.69) is 26.0 Å². The zero-order valence-corrected chi connectivity index (χ0v) is 12.3. The van der Waals surface area contributed by atoms with Crippen LogP contribution in [0.1, 0.15) is 43.4 Å². The van der Waals surface area contributed by atoms with E-state index in [1.807, 2.05) is 30.3 Å². The van der Waals surface area contributed by atoms with E-state index in [0.29, 0.717) is 10.9 Å². The highest BCUT2D eigenvalue weighted by Gasteiger charge is 2.25. The second-order valence-electron chi connectivity index (χ2n) is 5.36. The average molecular weight is 275 g/mol. The zero-order valence-electron chi connectivity index (χ0n) is 11.5. The summed E-state index contributed by atoms with van der Waals surface area (Å²) in [5, 5.41) is 11.4. The Hall–Kier alpha value is -1.31. The van der Waals surface area contributed by atoms with Crippen molar-refractivity contribution in [3.63, 3.8) is 0 Å². The van der Waals surface area contributed by atoms with Gasteiger partial charge in [0.2, 0.25) is 0 Å². The lowest BCUT2D eigenvalue weighted by molar-refractivity contribution is 0.102. The summed E-state index contributed by atoms with van der Waals surface area (Å²) >= 11 is 5.99. The molecule has 1 atom stereocenters.